The number of nitrogens with zero attached hydrogens (tertiary/aromatic N) is 1. The molecular formula is C14H13N3O4S. The Balaban J connectivity index is 2.13. The van der Waals surface area contributed by atoms with Gasteiger partial charge in [0.15, 0.2) is 5.76 Å². The van der Waals surface area contributed by atoms with Crippen LogP contribution in [0.4, 0.5) is 5.69 Å². The summed E-state index contributed by atoms with van der Waals surface area (Å²) in [6, 6.07) is 9.41. The van der Waals surface area contributed by atoms with Crippen LogP contribution in [0, 0.1) is 6.92 Å². The summed E-state index contributed by atoms with van der Waals surface area (Å²) in [6.07, 6.45) is 0. The van der Waals surface area contributed by atoms with Crippen molar-refractivity contribution in [3.63, 3.8) is 0 Å². The first-order valence-electron chi connectivity index (χ1n) is 6.32. The number of benzene rings is 1. The fourth-order valence-corrected chi connectivity index (χ4v) is 2.80. The molecular weight excluding hydrogens is 306 g/mol. The standard InChI is InChI=1S/C14H13N3O4S/c1-8-6-9-7-10(15)2-3-11(9)17(8)14(18)12-4-5-13(21-12)22(16,19)20/h2-7H,15H2,1H3,(H2,16,19,20). The molecule has 2 heterocycles. The van der Waals surface area contributed by atoms with Crippen molar-refractivity contribution < 1.29 is 17.6 Å². The van der Waals surface area contributed by atoms with Crippen LogP contribution in [0.3, 0.4) is 0 Å². The van der Waals surface area contributed by atoms with Crippen molar-refractivity contribution in [3.8, 4) is 0 Å². The van der Waals surface area contributed by atoms with Gasteiger partial charge in [-0.2, -0.15) is 0 Å². The molecule has 0 aliphatic heterocycles. The van der Waals surface area contributed by atoms with E-state index in [4.69, 9.17) is 15.3 Å². The van der Waals surface area contributed by atoms with Gasteiger partial charge in [0.25, 0.3) is 15.9 Å². The molecule has 0 bridgehead atoms. The van der Waals surface area contributed by atoms with E-state index in [1.54, 1.807) is 25.1 Å². The van der Waals surface area contributed by atoms with Crippen molar-refractivity contribution >= 4 is 32.5 Å². The normalized spacial score (nSPS) is 11.9. The molecule has 0 aliphatic rings. The highest BCUT2D eigenvalue weighted by Crippen LogP contribution is 2.24. The molecule has 22 heavy (non-hydrogen) atoms. The van der Waals surface area contributed by atoms with Gasteiger partial charge in [-0.15, -0.1) is 0 Å². The summed E-state index contributed by atoms with van der Waals surface area (Å²) in [7, 11) is -3.99. The summed E-state index contributed by atoms with van der Waals surface area (Å²) in [5.41, 5.74) is 7.66. The molecule has 114 valence electrons. The number of primary sulfonamides is 1. The highest BCUT2D eigenvalue weighted by Gasteiger charge is 2.21. The van der Waals surface area contributed by atoms with Crippen molar-refractivity contribution in [2.75, 3.05) is 5.73 Å². The number of hydrogen-bond acceptors (Lipinski definition) is 5. The van der Waals surface area contributed by atoms with Crippen LogP contribution in [0.25, 0.3) is 10.9 Å². The Kier molecular flexibility index (Phi) is 3.08. The van der Waals surface area contributed by atoms with E-state index >= 15 is 0 Å². The maximum absolute atomic E-state index is 12.6. The number of nitrogens with two attached hydrogens (primary N) is 2. The molecule has 0 fully saturated rings. The minimum atomic E-state index is -3.99. The maximum atomic E-state index is 12.6. The van der Waals surface area contributed by atoms with Crippen molar-refractivity contribution in [1.82, 2.24) is 4.57 Å². The van der Waals surface area contributed by atoms with E-state index in [1.165, 1.54) is 10.6 Å². The minimum absolute atomic E-state index is 0.110. The lowest BCUT2D eigenvalue weighted by Crippen LogP contribution is -2.13. The number of carbonyl (C=O) groups is 1. The zero-order valence-electron chi connectivity index (χ0n) is 11.6. The largest absolute Gasteiger partial charge is 0.438 e. The highest BCUT2D eigenvalue weighted by molar-refractivity contribution is 7.89. The fourth-order valence-electron chi connectivity index (χ4n) is 2.34. The molecule has 0 saturated heterocycles. The number of nitrogen functional groups attached to an aromatic ring is 1. The Morgan fingerprint density at radius 3 is 2.55 bits per heavy atom. The van der Waals surface area contributed by atoms with Gasteiger partial charge in [-0.25, -0.2) is 13.6 Å². The third kappa shape index (κ3) is 2.28. The van der Waals surface area contributed by atoms with E-state index in [-0.39, 0.29) is 5.76 Å². The summed E-state index contributed by atoms with van der Waals surface area (Å²) in [6.45, 7) is 1.76. The number of sulfonamides is 1. The summed E-state index contributed by atoms with van der Waals surface area (Å²) in [4.78, 5) is 12.6. The maximum Gasteiger partial charge on any atom is 0.298 e. The summed E-state index contributed by atoms with van der Waals surface area (Å²) < 4.78 is 28.9. The van der Waals surface area contributed by atoms with Crippen LogP contribution in [0.15, 0.2) is 45.9 Å². The lowest BCUT2D eigenvalue weighted by Gasteiger charge is -2.04. The van der Waals surface area contributed by atoms with E-state index in [1.807, 2.05) is 6.07 Å². The monoisotopic (exact) mass is 319 g/mol. The van der Waals surface area contributed by atoms with Crippen LogP contribution in [0.5, 0.6) is 0 Å². The topological polar surface area (TPSA) is 121 Å². The quantitative estimate of drug-likeness (QED) is 0.693. The van der Waals surface area contributed by atoms with E-state index in [9.17, 15) is 13.2 Å². The first-order chi connectivity index (χ1) is 10.3. The van der Waals surface area contributed by atoms with Crippen molar-refractivity contribution in [2.45, 2.75) is 12.0 Å². The number of carbonyl (C=O) groups excluding carboxylic acids is 1. The molecule has 0 unspecified atom stereocenters. The number of rotatable bonds is 2. The van der Waals surface area contributed by atoms with Crippen LogP contribution in [0.2, 0.25) is 0 Å². The predicted octanol–water partition coefficient (Wildman–Crippen LogP) is 1.46. The van der Waals surface area contributed by atoms with Crippen molar-refractivity contribution in [3.05, 3.63) is 47.9 Å². The number of fused-ring (bicyclic) bond motifs is 1. The molecule has 3 aromatic rings. The van der Waals surface area contributed by atoms with Crippen LogP contribution >= 0.6 is 0 Å². The van der Waals surface area contributed by atoms with Gasteiger partial charge >= 0.3 is 0 Å². The average molecular weight is 319 g/mol. The Labute approximate surface area is 126 Å². The van der Waals surface area contributed by atoms with Crippen LogP contribution < -0.4 is 10.9 Å². The van der Waals surface area contributed by atoms with E-state index < -0.39 is 21.0 Å². The number of hydrogen-bond donors (Lipinski definition) is 2. The van der Waals surface area contributed by atoms with Gasteiger partial charge in [0.05, 0.1) is 5.52 Å². The number of furan rings is 1. The van der Waals surface area contributed by atoms with E-state index in [2.05, 4.69) is 0 Å². The van der Waals surface area contributed by atoms with Crippen LogP contribution in [-0.4, -0.2) is 18.9 Å². The third-order valence-electron chi connectivity index (χ3n) is 3.29. The Morgan fingerprint density at radius 1 is 1.18 bits per heavy atom. The van der Waals surface area contributed by atoms with Gasteiger partial charge in [0.1, 0.15) is 0 Å². The van der Waals surface area contributed by atoms with Crippen LogP contribution in [-0.2, 0) is 10.0 Å². The summed E-state index contributed by atoms with van der Waals surface area (Å²) >= 11 is 0. The van der Waals surface area contributed by atoms with Gasteiger partial charge in [0.2, 0.25) is 5.09 Å². The fraction of sp³-hybridized carbons (Fsp3) is 0.0714. The number of aromatic nitrogens is 1. The second-order valence-electron chi connectivity index (χ2n) is 4.91. The Hall–Kier alpha value is -2.58. The van der Waals surface area contributed by atoms with Gasteiger partial charge in [0, 0.05) is 16.8 Å². The molecule has 8 heteroatoms. The average Bonchev–Trinajstić information content (AvgIpc) is 3.00. The molecule has 1 aromatic carbocycles. The van der Waals surface area contributed by atoms with Crippen molar-refractivity contribution in [1.29, 1.82) is 0 Å². The summed E-state index contributed by atoms with van der Waals surface area (Å²) in [5.74, 6) is -0.589. The lowest BCUT2D eigenvalue weighted by molar-refractivity contribution is 0.0930. The molecule has 3 rings (SSSR count). The Morgan fingerprint density at radius 2 is 1.91 bits per heavy atom. The number of aryl methyl sites for hydroxylation is 1. The molecule has 2 aromatic heterocycles. The zero-order valence-corrected chi connectivity index (χ0v) is 12.4. The third-order valence-corrected chi connectivity index (χ3v) is 4.07. The zero-order chi connectivity index (χ0) is 16.1. The summed E-state index contributed by atoms with van der Waals surface area (Å²) in [5, 5.41) is 5.33. The molecule has 0 saturated carbocycles. The van der Waals surface area contributed by atoms with Gasteiger partial charge in [-0.05, 0) is 43.3 Å². The first kappa shape index (κ1) is 14.4. The van der Waals surface area contributed by atoms with Gasteiger partial charge in [-0.3, -0.25) is 9.36 Å². The molecule has 7 nitrogen and oxygen atoms in total. The van der Waals surface area contributed by atoms with E-state index in [0.717, 1.165) is 11.5 Å². The second-order valence-corrected chi connectivity index (χ2v) is 6.40. The Bertz CT molecular complexity index is 998. The smallest absolute Gasteiger partial charge is 0.298 e. The second kappa shape index (κ2) is 4.72. The first-order valence-corrected chi connectivity index (χ1v) is 7.87. The minimum Gasteiger partial charge on any atom is -0.438 e. The predicted molar refractivity (Wildman–Crippen MR) is 80.9 cm³/mol. The molecule has 0 atom stereocenters. The van der Waals surface area contributed by atoms with Gasteiger partial charge in [-0.1, -0.05) is 0 Å². The van der Waals surface area contributed by atoms with Gasteiger partial charge < -0.3 is 10.2 Å². The molecule has 0 radical (unpaired) electrons. The highest BCUT2D eigenvalue weighted by atomic mass is 32.2. The van der Waals surface area contributed by atoms with Crippen molar-refractivity contribution in [2.24, 2.45) is 5.14 Å². The van der Waals surface area contributed by atoms with E-state index in [0.29, 0.717) is 16.9 Å². The molecule has 4 N–H and O–H groups in total. The molecule has 0 aliphatic carbocycles. The van der Waals surface area contributed by atoms with Crippen LogP contribution in [0.1, 0.15) is 16.2 Å². The lowest BCUT2D eigenvalue weighted by atomic mass is 10.2. The molecule has 0 spiro atoms. The SMILES string of the molecule is Cc1cc2cc(N)ccc2n1C(=O)c1ccc(S(N)(=O)=O)o1. The molecule has 0 amide bonds. The number of anilines is 1.